The molecule has 0 amide bonds. The highest BCUT2D eigenvalue weighted by atomic mass is 19.1. The summed E-state index contributed by atoms with van der Waals surface area (Å²) in [6.45, 7) is 3.83. The van der Waals surface area contributed by atoms with E-state index < -0.39 is 5.82 Å². The zero-order valence-corrected chi connectivity index (χ0v) is 16.7. The Morgan fingerprint density at radius 2 is 2.16 bits per heavy atom. The molecular weight excluding hydrogens is 401 g/mol. The first-order valence-electron chi connectivity index (χ1n) is 9.75. The van der Waals surface area contributed by atoms with E-state index in [1.807, 2.05) is 6.07 Å². The maximum atomic E-state index is 13.8. The van der Waals surface area contributed by atoms with Crippen molar-refractivity contribution in [3.8, 4) is 5.75 Å². The normalized spacial score (nSPS) is 14.2. The highest BCUT2D eigenvalue weighted by Crippen LogP contribution is 2.31. The van der Waals surface area contributed by atoms with Crippen LogP contribution in [0.15, 0.2) is 35.3 Å². The highest BCUT2D eigenvalue weighted by molar-refractivity contribution is 5.72. The van der Waals surface area contributed by atoms with Crippen molar-refractivity contribution >= 4 is 35.6 Å². The number of nitrogens with one attached hydrogen (secondary N) is 4. The molecule has 1 saturated carbocycles. The number of halogens is 1. The van der Waals surface area contributed by atoms with Crippen LogP contribution in [0.25, 0.3) is 18.3 Å². The maximum absolute atomic E-state index is 13.8. The van der Waals surface area contributed by atoms with Crippen LogP contribution in [-0.4, -0.2) is 37.7 Å². The number of anilines is 3. The Kier molecular flexibility index (Phi) is 4.46. The summed E-state index contributed by atoms with van der Waals surface area (Å²) < 4.78 is 20.8. The molecule has 1 aliphatic carbocycles. The van der Waals surface area contributed by atoms with Gasteiger partial charge >= 0.3 is 5.69 Å². The molecule has 0 spiro atoms. The molecule has 1 aromatic carbocycles. The third kappa shape index (κ3) is 3.75. The van der Waals surface area contributed by atoms with Crippen molar-refractivity contribution in [1.82, 2.24) is 24.6 Å². The number of fused-ring (bicyclic) bond motifs is 1. The molecule has 0 atom stereocenters. The van der Waals surface area contributed by atoms with E-state index in [2.05, 4.69) is 37.3 Å². The van der Waals surface area contributed by atoms with Crippen LogP contribution in [-0.2, 0) is 0 Å². The molecule has 1 aliphatic rings. The average molecular weight is 421 g/mol. The minimum absolute atomic E-state index is 0.336. The summed E-state index contributed by atoms with van der Waals surface area (Å²) in [6, 6.07) is 6.43. The summed E-state index contributed by atoms with van der Waals surface area (Å²) in [5, 5.41) is 12.1. The summed E-state index contributed by atoms with van der Waals surface area (Å²) in [4.78, 5) is 21.5. The lowest BCUT2D eigenvalue weighted by Crippen LogP contribution is -2.22. The molecule has 3 heterocycles. The summed E-state index contributed by atoms with van der Waals surface area (Å²) in [5.41, 5.74) is 1.37. The Morgan fingerprint density at radius 3 is 2.87 bits per heavy atom. The van der Waals surface area contributed by atoms with Crippen molar-refractivity contribution in [2.45, 2.75) is 18.9 Å². The third-order valence-corrected chi connectivity index (χ3v) is 4.99. The number of aromatic nitrogens is 5. The number of rotatable bonds is 6. The molecule has 4 aromatic rings. The smallest absolute Gasteiger partial charge is 0.323 e. The largest absolute Gasteiger partial charge is 0.495 e. The molecule has 158 valence electrons. The fraction of sp³-hybridized carbons (Fsp3) is 0.190. The van der Waals surface area contributed by atoms with Crippen LogP contribution in [0.3, 0.4) is 0 Å². The molecule has 5 rings (SSSR count). The maximum Gasteiger partial charge on any atom is 0.323 e. The van der Waals surface area contributed by atoms with E-state index in [0.717, 1.165) is 18.7 Å². The average Bonchev–Trinajstić information content (AvgIpc) is 3.37. The first-order chi connectivity index (χ1) is 15.0. The van der Waals surface area contributed by atoms with Crippen LogP contribution in [0.5, 0.6) is 5.75 Å². The highest BCUT2D eigenvalue weighted by Gasteiger charge is 2.23. The minimum atomic E-state index is -0.390. The number of methoxy groups -OCH3 is 1. The number of ether oxygens (including phenoxy) is 1. The Bertz CT molecular complexity index is 1450. The van der Waals surface area contributed by atoms with E-state index in [4.69, 9.17) is 4.74 Å². The fourth-order valence-electron chi connectivity index (χ4n) is 3.31. The molecule has 0 unspecified atom stereocenters. The number of H-pyrrole nitrogens is 2. The van der Waals surface area contributed by atoms with Gasteiger partial charge < -0.3 is 25.3 Å². The van der Waals surface area contributed by atoms with Gasteiger partial charge in [0.1, 0.15) is 23.2 Å². The molecule has 0 aliphatic heterocycles. The molecule has 1 fully saturated rings. The third-order valence-electron chi connectivity index (χ3n) is 4.99. The number of aromatic amines is 2. The van der Waals surface area contributed by atoms with Gasteiger partial charge in [-0.1, -0.05) is 6.58 Å². The molecule has 0 radical (unpaired) electrons. The number of hydrogen-bond donors (Lipinski definition) is 4. The Hall–Kier alpha value is -4.08. The topological polar surface area (TPSA) is 112 Å². The van der Waals surface area contributed by atoms with Gasteiger partial charge in [-0.3, -0.25) is 0 Å². The lowest BCUT2D eigenvalue weighted by atomic mass is 10.2. The summed E-state index contributed by atoms with van der Waals surface area (Å²) in [5.74, 6) is 1.35. The summed E-state index contributed by atoms with van der Waals surface area (Å²) >= 11 is 0. The van der Waals surface area contributed by atoms with Gasteiger partial charge in [-0.2, -0.15) is 9.61 Å². The molecule has 31 heavy (non-hydrogen) atoms. The molecule has 9 nitrogen and oxygen atoms in total. The zero-order chi connectivity index (χ0) is 21.5. The first-order valence-corrected chi connectivity index (χ1v) is 9.75. The molecular formula is C21H20FN7O2. The summed E-state index contributed by atoms with van der Waals surface area (Å²) in [7, 11) is 1.52. The molecule has 3 aromatic heterocycles. The molecule has 10 heteroatoms. The second kappa shape index (κ2) is 7.31. The number of hydrogen-bond acceptors (Lipinski definition) is 6. The van der Waals surface area contributed by atoms with Crippen molar-refractivity contribution in [1.29, 1.82) is 0 Å². The number of nitrogens with zero attached hydrogens (tertiary/aromatic N) is 3. The monoisotopic (exact) mass is 421 g/mol. The van der Waals surface area contributed by atoms with Gasteiger partial charge in [0.2, 0.25) is 0 Å². The Labute approximate surface area is 175 Å². The van der Waals surface area contributed by atoms with E-state index in [1.165, 1.54) is 19.2 Å². The predicted octanol–water partition coefficient (Wildman–Crippen LogP) is 1.45. The van der Waals surface area contributed by atoms with Gasteiger partial charge in [-0.15, -0.1) is 0 Å². The van der Waals surface area contributed by atoms with E-state index >= 15 is 0 Å². The number of benzene rings is 1. The van der Waals surface area contributed by atoms with Crippen LogP contribution >= 0.6 is 0 Å². The van der Waals surface area contributed by atoms with E-state index in [0.29, 0.717) is 45.2 Å². The van der Waals surface area contributed by atoms with Crippen LogP contribution < -0.4 is 31.8 Å². The van der Waals surface area contributed by atoms with Crippen molar-refractivity contribution in [3.05, 3.63) is 63.0 Å². The second-order valence-electron chi connectivity index (χ2n) is 7.37. The van der Waals surface area contributed by atoms with E-state index in [1.54, 1.807) is 22.9 Å². The predicted molar refractivity (Wildman–Crippen MR) is 116 cm³/mol. The zero-order valence-electron chi connectivity index (χ0n) is 16.7. The van der Waals surface area contributed by atoms with Crippen LogP contribution in [0.2, 0.25) is 0 Å². The van der Waals surface area contributed by atoms with Gasteiger partial charge in [0.05, 0.1) is 29.7 Å². The van der Waals surface area contributed by atoms with Crippen LogP contribution in [0, 0.1) is 5.82 Å². The Morgan fingerprint density at radius 1 is 1.32 bits per heavy atom. The van der Waals surface area contributed by atoms with Crippen molar-refractivity contribution in [3.63, 3.8) is 0 Å². The Balaban J connectivity index is 1.64. The van der Waals surface area contributed by atoms with Gasteiger partial charge in [0.25, 0.3) is 0 Å². The van der Waals surface area contributed by atoms with Crippen molar-refractivity contribution in [2.75, 3.05) is 17.7 Å². The molecule has 4 N–H and O–H groups in total. The van der Waals surface area contributed by atoms with Crippen LogP contribution in [0.4, 0.5) is 21.7 Å². The number of imidazole rings is 1. The minimum Gasteiger partial charge on any atom is -0.495 e. The second-order valence-corrected chi connectivity index (χ2v) is 7.37. The van der Waals surface area contributed by atoms with Gasteiger partial charge in [0, 0.05) is 23.7 Å². The van der Waals surface area contributed by atoms with Gasteiger partial charge in [-0.05, 0) is 31.1 Å². The fourth-order valence-corrected chi connectivity index (χ4v) is 3.31. The molecule has 0 bridgehead atoms. The van der Waals surface area contributed by atoms with Gasteiger partial charge in [0.15, 0.2) is 5.65 Å². The first kappa shape index (κ1) is 18.9. The van der Waals surface area contributed by atoms with Crippen molar-refractivity contribution in [2.24, 2.45) is 0 Å². The standard InChI is InChI=1S/C21H20FN7O2/c1-11-15(27-21(30)24-11)7-12-10-23-29-19(25-14-4-5-14)9-18(28-20(12)29)26-16-8-13(22)3-6-17(16)31-2/h3,6-10,14,25H,1,4-5H2,2H3,(H,26,28)(H2,24,27,30)/b15-7-. The SMILES string of the molecule is C=c1[nH]c(=O)[nH]/c1=C\c1cnn2c(NC3CC3)cc(Nc3cc(F)ccc3OC)nc12. The quantitative estimate of drug-likeness (QED) is 0.375. The van der Waals surface area contributed by atoms with E-state index in [-0.39, 0.29) is 5.69 Å². The van der Waals surface area contributed by atoms with E-state index in [9.17, 15) is 9.18 Å². The lowest BCUT2D eigenvalue weighted by molar-refractivity contribution is 0.416. The summed E-state index contributed by atoms with van der Waals surface area (Å²) in [6.07, 6.45) is 5.58. The van der Waals surface area contributed by atoms with Crippen LogP contribution in [0.1, 0.15) is 18.4 Å². The lowest BCUT2D eigenvalue weighted by Gasteiger charge is -2.13. The van der Waals surface area contributed by atoms with Crippen molar-refractivity contribution < 1.29 is 9.13 Å². The molecule has 0 saturated heterocycles. The van der Waals surface area contributed by atoms with Gasteiger partial charge in [-0.25, -0.2) is 14.2 Å².